The monoisotopic (exact) mass is 369 g/mol. The summed E-state index contributed by atoms with van der Waals surface area (Å²) in [4.78, 5) is 36.0. The molecule has 1 saturated heterocycles. The molecule has 0 radical (unpaired) electrons. The quantitative estimate of drug-likeness (QED) is 0.737. The third-order valence-electron chi connectivity index (χ3n) is 4.89. The van der Waals surface area contributed by atoms with Crippen molar-refractivity contribution in [3.8, 4) is 0 Å². The minimum Gasteiger partial charge on any atom is -0.435 e. The molecule has 0 aromatic rings. The number of likely N-dealkylation sites (tertiary alicyclic amines) is 1. The Morgan fingerprint density at radius 1 is 1.38 bits per heavy atom. The summed E-state index contributed by atoms with van der Waals surface area (Å²) in [6, 6.07) is -0.732. The van der Waals surface area contributed by atoms with Crippen molar-refractivity contribution in [3.63, 3.8) is 0 Å². The van der Waals surface area contributed by atoms with Crippen LogP contribution >= 0.6 is 11.8 Å². The third-order valence-corrected chi connectivity index (χ3v) is 6.06. The molecule has 2 fully saturated rings. The molecule has 10 heteroatoms. The second kappa shape index (κ2) is 6.30. The average Bonchev–Trinajstić information content (AvgIpc) is 3.08. The summed E-state index contributed by atoms with van der Waals surface area (Å²) in [5.41, 5.74) is 4.55. The van der Waals surface area contributed by atoms with Gasteiger partial charge in [0, 0.05) is 18.6 Å². The lowest BCUT2D eigenvalue weighted by Crippen LogP contribution is -2.62. The molecule has 2 rings (SSSR count). The number of alkyl halides is 3. The number of carbonyl (C=O) groups is 3. The molecule has 0 aromatic heterocycles. The number of amides is 2. The normalized spacial score (nSPS) is 30.0. The lowest BCUT2D eigenvalue weighted by atomic mass is 10.1. The van der Waals surface area contributed by atoms with E-state index in [1.807, 2.05) is 0 Å². The zero-order valence-corrected chi connectivity index (χ0v) is 14.0. The van der Waals surface area contributed by atoms with Crippen LogP contribution < -0.4 is 5.73 Å². The standard InChI is InChI=1S/C14H19F3N2O4S/c1-8-3-2-6-19(8,12(22)23)10(20)9(14(15,16)17)7-24-11(21)13(18)4-5-13/h8-9H,2-7,18H2,1H3/p+1/t8-,9?,19?/m1/s1. The first kappa shape index (κ1) is 19.2. The number of nitrogens with zero attached hydrogens (tertiary/aromatic N) is 1. The maximum atomic E-state index is 13.4. The maximum absolute atomic E-state index is 13.4. The zero-order chi connectivity index (χ0) is 18.3. The van der Waals surface area contributed by atoms with E-state index < -0.39 is 51.0 Å². The average molecular weight is 369 g/mol. The molecule has 2 aliphatic rings. The van der Waals surface area contributed by atoms with E-state index in [2.05, 4.69) is 0 Å². The maximum Gasteiger partial charge on any atom is 0.521 e. The highest BCUT2D eigenvalue weighted by Crippen LogP contribution is 2.41. The van der Waals surface area contributed by atoms with Crippen LogP contribution in [-0.4, -0.2) is 56.8 Å². The van der Waals surface area contributed by atoms with Gasteiger partial charge in [0.25, 0.3) is 0 Å². The second-order valence-corrected chi connectivity index (χ2v) is 7.55. The molecular formula is C14H20F3N2O4S+. The van der Waals surface area contributed by atoms with Gasteiger partial charge in [0.05, 0.1) is 12.1 Å². The predicted molar refractivity (Wildman–Crippen MR) is 80.0 cm³/mol. The zero-order valence-electron chi connectivity index (χ0n) is 13.1. The molecule has 0 bridgehead atoms. The smallest absolute Gasteiger partial charge is 0.435 e. The van der Waals surface area contributed by atoms with E-state index in [0.717, 1.165) is 0 Å². The molecule has 2 unspecified atom stereocenters. The molecule has 24 heavy (non-hydrogen) atoms. The van der Waals surface area contributed by atoms with Crippen LogP contribution in [-0.2, 0) is 9.59 Å². The predicted octanol–water partition coefficient (Wildman–Crippen LogP) is 2.12. The summed E-state index contributed by atoms with van der Waals surface area (Å²) in [5, 5.41) is 8.84. The highest BCUT2D eigenvalue weighted by atomic mass is 32.2. The van der Waals surface area contributed by atoms with Crippen LogP contribution in [0.2, 0.25) is 0 Å². The minimum atomic E-state index is -4.92. The Labute approximate surface area is 141 Å². The van der Waals surface area contributed by atoms with Gasteiger partial charge >= 0.3 is 18.2 Å². The lowest BCUT2D eigenvalue weighted by Gasteiger charge is -2.33. The summed E-state index contributed by atoms with van der Waals surface area (Å²) >= 11 is 0.372. The van der Waals surface area contributed by atoms with Gasteiger partial charge in [-0.1, -0.05) is 11.8 Å². The topological polar surface area (TPSA) is 97.5 Å². The number of rotatable bonds is 4. The van der Waals surface area contributed by atoms with E-state index in [9.17, 15) is 32.7 Å². The fraction of sp³-hybridized carbons (Fsp3) is 0.786. The second-order valence-electron chi connectivity index (χ2n) is 6.55. The van der Waals surface area contributed by atoms with Gasteiger partial charge in [-0.25, -0.2) is 4.79 Å². The van der Waals surface area contributed by atoms with Crippen LogP contribution in [0.25, 0.3) is 0 Å². The molecule has 2 amide bonds. The van der Waals surface area contributed by atoms with E-state index in [4.69, 9.17) is 5.73 Å². The van der Waals surface area contributed by atoms with Crippen molar-refractivity contribution in [1.29, 1.82) is 0 Å². The highest BCUT2D eigenvalue weighted by Gasteiger charge is 2.61. The number of thioether (sulfide) groups is 1. The molecule has 3 N–H and O–H groups in total. The van der Waals surface area contributed by atoms with Crippen molar-refractivity contribution in [2.45, 2.75) is 50.4 Å². The van der Waals surface area contributed by atoms with Gasteiger partial charge in [-0.15, -0.1) is 0 Å². The van der Waals surface area contributed by atoms with Crippen molar-refractivity contribution >= 4 is 28.9 Å². The molecule has 0 aromatic carbocycles. The van der Waals surface area contributed by atoms with E-state index in [0.29, 0.717) is 37.4 Å². The summed E-state index contributed by atoms with van der Waals surface area (Å²) in [6.45, 7) is 1.30. The summed E-state index contributed by atoms with van der Waals surface area (Å²) in [6.07, 6.45) is -4.94. The van der Waals surface area contributed by atoms with Gasteiger partial charge in [0.15, 0.2) is 5.92 Å². The van der Waals surface area contributed by atoms with Crippen LogP contribution in [0, 0.1) is 5.92 Å². The summed E-state index contributed by atoms with van der Waals surface area (Å²) in [7, 11) is 0. The number of imide groups is 1. The first-order chi connectivity index (χ1) is 10.9. The number of quaternary nitrogens is 1. The fourth-order valence-corrected chi connectivity index (χ4v) is 4.15. The Balaban J connectivity index is 2.22. The van der Waals surface area contributed by atoms with Crippen LogP contribution in [0.1, 0.15) is 32.6 Å². The van der Waals surface area contributed by atoms with Gasteiger partial charge in [-0.3, -0.25) is 4.79 Å². The van der Waals surface area contributed by atoms with E-state index in [-0.39, 0.29) is 6.54 Å². The van der Waals surface area contributed by atoms with E-state index >= 15 is 0 Å². The largest absolute Gasteiger partial charge is 0.521 e. The van der Waals surface area contributed by atoms with Gasteiger partial charge in [-0.2, -0.15) is 22.4 Å². The van der Waals surface area contributed by atoms with Gasteiger partial charge in [0.1, 0.15) is 6.04 Å². The molecule has 1 aliphatic heterocycles. The molecule has 6 nitrogen and oxygen atoms in total. The minimum absolute atomic E-state index is 0.165. The number of hydrogen-bond acceptors (Lipinski definition) is 5. The lowest BCUT2D eigenvalue weighted by molar-refractivity contribution is -0.794. The molecule has 1 heterocycles. The Kier molecular flexibility index (Phi) is 5.04. The van der Waals surface area contributed by atoms with Crippen molar-refractivity contribution in [2.24, 2.45) is 11.7 Å². The van der Waals surface area contributed by atoms with Gasteiger partial charge in [-0.05, 0) is 19.8 Å². The first-order valence-corrected chi connectivity index (χ1v) is 8.62. The number of carbonyl (C=O) groups excluding carboxylic acids is 2. The molecule has 1 saturated carbocycles. The van der Waals surface area contributed by atoms with Crippen LogP contribution in [0.5, 0.6) is 0 Å². The molecule has 0 spiro atoms. The summed E-state index contributed by atoms with van der Waals surface area (Å²) in [5.74, 6) is -4.74. The first-order valence-electron chi connectivity index (χ1n) is 7.63. The Hall–Kier alpha value is -1.13. The Morgan fingerprint density at radius 2 is 1.96 bits per heavy atom. The number of nitrogens with two attached hydrogens (primary N) is 1. The van der Waals surface area contributed by atoms with Crippen LogP contribution in [0.3, 0.4) is 0 Å². The number of hydrogen-bond donors (Lipinski definition) is 2. The third kappa shape index (κ3) is 3.31. The van der Waals surface area contributed by atoms with Crippen LogP contribution in [0.15, 0.2) is 0 Å². The van der Waals surface area contributed by atoms with Crippen molar-refractivity contribution in [3.05, 3.63) is 0 Å². The van der Waals surface area contributed by atoms with Crippen molar-refractivity contribution < 1.29 is 37.1 Å². The van der Waals surface area contributed by atoms with Crippen LogP contribution in [0.4, 0.5) is 18.0 Å². The number of carboxylic acid groups (broad SMARTS) is 1. The van der Waals surface area contributed by atoms with Gasteiger partial charge in [0.2, 0.25) is 5.12 Å². The fourth-order valence-electron chi connectivity index (χ4n) is 3.01. The van der Waals surface area contributed by atoms with Crippen molar-refractivity contribution in [1.82, 2.24) is 0 Å². The molecule has 136 valence electrons. The summed E-state index contributed by atoms with van der Waals surface area (Å²) < 4.78 is 38.9. The van der Waals surface area contributed by atoms with E-state index in [1.165, 1.54) is 6.92 Å². The highest BCUT2D eigenvalue weighted by molar-refractivity contribution is 8.13. The molecule has 1 aliphatic carbocycles. The SMILES string of the molecule is C[C@@H]1CCC[N+]1(C(=O)O)C(=O)C(CSC(=O)C1(N)CC1)C(F)(F)F. The molecular weight excluding hydrogens is 349 g/mol. The van der Waals surface area contributed by atoms with Gasteiger partial charge < -0.3 is 10.8 Å². The Bertz CT molecular complexity index is 565. The Morgan fingerprint density at radius 3 is 2.33 bits per heavy atom. The van der Waals surface area contributed by atoms with E-state index in [1.54, 1.807) is 0 Å². The van der Waals surface area contributed by atoms with Crippen molar-refractivity contribution in [2.75, 3.05) is 12.3 Å². The molecule has 3 atom stereocenters. The number of halogens is 3.